The van der Waals surface area contributed by atoms with E-state index in [2.05, 4.69) is 0 Å². The Kier molecular flexibility index (Phi) is 4.08. The van der Waals surface area contributed by atoms with Gasteiger partial charge in [-0.25, -0.2) is 0 Å². The Labute approximate surface area is 89.7 Å². The van der Waals surface area contributed by atoms with Crippen LogP contribution in [0.2, 0.25) is 0 Å². The first-order chi connectivity index (χ1) is 7.02. The van der Waals surface area contributed by atoms with Crippen LogP contribution in [0.25, 0.3) is 0 Å². The molecule has 0 saturated carbocycles. The zero-order chi connectivity index (χ0) is 11.4. The van der Waals surface area contributed by atoms with Gasteiger partial charge in [0.1, 0.15) is 6.04 Å². The van der Waals surface area contributed by atoms with Crippen LogP contribution in [0.4, 0.5) is 0 Å². The molecule has 1 unspecified atom stereocenters. The van der Waals surface area contributed by atoms with Gasteiger partial charge in [-0.15, -0.1) is 0 Å². The van der Waals surface area contributed by atoms with E-state index in [9.17, 15) is 9.59 Å². The fourth-order valence-electron chi connectivity index (χ4n) is 1.78. The zero-order valence-corrected chi connectivity index (χ0v) is 9.27. The highest BCUT2D eigenvalue weighted by molar-refractivity contribution is 5.79. The number of likely N-dealkylation sites (N-methyl/N-ethyl adjacent to an activating group) is 1. The molecular formula is C10H18N2O3. The van der Waals surface area contributed by atoms with Gasteiger partial charge in [-0.05, 0) is 19.4 Å². The number of carbonyl (C=O) groups excluding carboxylic acids is 1. The van der Waals surface area contributed by atoms with Gasteiger partial charge in [0, 0.05) is 14.1 Å². The van der Waals surface area contributed by atoms with Crippen LogP contribution in [0.5, 0.6) is 0 Å². The third-order valence-electron chi connectivity index (χ3n) is 2.74. The summed E-state index contributed by atoms with van der Waals surface area (Å²) in [5.41, 5.74) is 0. The summed E-state index contributed by atoms with van der Waals surface area (Å²) in [5.74, 6) is -0.857. The van der Waals surface area contributed by atoms with E-state index in [4.69, 9.17) is 5.11 Å². The summed E-state index contributed by atoms with van der Waals surface area (Å²) in [6.07, 6.45) is 2.56. The number of piperidine rings is 1. The molecular weight excluding hydrogens is 196 g/mol. The van der Waals surface area contributed by atoms with Gasteiger partial charge in [-0.3, -0.25) is 14.5 Å². The molecule has 1 fully saturated rings. The first-order valence-electron chi connectivity index (χ1n) is 5.19. The number of likely N-dealkylation sites (tertiary alicyclic amines) is 1. The minimum absolute atomic E-state index is 0.0388. The van der Waals surface area contributed by atoms with Crippen LogP contribution in [-0.4, -0.2) is 60.0 Å². The second-order valence-corrected chi connectivity index (χ2v) is 4.11. The third kappa shape index (κ3) is 3.20. The van der Waals surface area contributed by atoms with Crippen molar-refractivity contribution in [1.29, 1.82) is 0 Å². The molecule has 1 rings (SSSR count). The highest BCUT2D eigenvalue weighted by Gasteiger charge is 2.29. The van der Waals surface area contributed by atoms with Crippen LogP contribution >= 0.6 is 0 Å². The van der Waals surface area contributed by atoms with E-state index in [1.807, 2.05) is 0 Å². The molecule has 1 heterocycles. The summed E-state index contributed by atoms with van der Waals surface area (Å²) in [6.45, 7) is 0.917. The molecule has 1 aliphatic rings. The lowest BCUT2D eigenvalue weighted by Crippen LogP contribution is -2.48. The SMILES string of the molecule is CN(C)C(=O)CN1CCCCC1C(=O)O. The molecule has 5 heteroatoms. The zero-order valence-electron chi connectivity index (χ0n) is 9.27. The van der Waals surface area contributed by atoms with Gasteiger partial charge in [0.2, 0.25) is 5.91 Å². The van der Waals surface area contributed by atoms with E-state index in [1.54, 1.807) is 19.0 Å². The summed E-state index contributed by atoms with van der Waals surface area (Å²) >= 11 is 0. The number of nitrogens with zero attached hydrogens (tertiary/aromatic N) is 2. The Morgan fingerprint density at radius 3 is 2.60 bits per heavy atom. The van der Waals surface area contributed by atoms with Crippen LogP contribution in [0, 0.1) is 0 Å². The molecule has 1 amide bonds. The van der Waals surface area contributed by atoms with Crippen LogP contribution in [0.1, 0.15) is 19.3 Å². The average Bonchev–Trinajstić information content (AvgIpc) is 2.18. The van der Waals surface area contributed by atoms with Gasteiger partial charge in [0.15, 0.2) is 0 Å². The molecule has 0 radical (unpaired) electrons. The van der Waals surface area contributed by atoms with Crippen LogP contribution in [0.3, 0.4) is 0 Å². The fourth-order valence-corrected chi connectivity index (χ4v) is 1.78. The van der Waals surface area contributed by atoms with E-state index in [0.29, 0.717) is 13.0 Å². The number of hydrogen-bond donors (Lipinski definition) is 1. The molecule has 1 saturated heterocycles. The number of carboxylic acid groups (broad SMARTS) is 1. The summed E-state index contributed by atoms with van der Waals surface area (Å²) in [6, 6.07) is -0.484. The Bertz CT molecular complexity index is 253. The molecule has 1 aliphatic heterocycles. The van der Waals surface area contributed by atoms with Gasteiger partial charge >= 0.3 is 5.97 Å². The molecule has 0 aromatic carbocycles. The molecule has 0 aromatic rings. The lowest BCUT2D eigenvalue weighted by Gasteiger charge is -2.32. The van der Waals surface area contributed by atoms with Gasteiger partial charge in [0.25, 0.3) is 0 Å². The predicted molar refractivity (Wildman–Crippen MR) is 55.5 cm³/mol. The van der Waals surface area contributed by atoms with Crippen LogP contribution < -0.4 is 0 Å². The highest BCUT2D eigenvalue weighted by Crippen LogP contribution is 2.16. The first-order valence-corrected chi connectivity index (χ1v) is 5.19. The molecule has 1 N–H and O–H groups in total. The van der Waals surface area contributed by atoms with Gasteiger partial charge < -0.3 is 10.0 Å². The third-order valence-corrected chi connectivity index (χ3v) is 2.74. The van der Waals surface area contributed by atoms with Crippen molar-refractivity contribution in [3.8, 4) is 0 Å². The maximum absolute atomic E-state index is 11.5. The average molecular weight is 214 g/mol. The molecule has 0 aromatic heterocycles. The first kappa shape index (κ1) is 12.0. The van der Waals surface area contributed by atoms with Crippen LogP contribution in [-0.2, 0) is 9.59 Å². The standard InChI is InChI=1S/C10H18N2O3/c1-11(2)9(13)7-12-6-4-3-5-8(12)10(14)15/h8H,3-7H2,1-2H3,(H,14,15). The molecule has 0 aliphatic carbocycles. The second kappa shape index (κ2) is 5.11. The maximum atomic E-state index is 11.5. The largest absolute Gasteiger partial charge is 0.480 e. The predicted octanol–water partition coefficient (Wildman–Crippen LogP) is 0.0137. The van der Waals surface area contributed by atoms with Crippen molar-refractivity contribution in [2.45, 2.75) is 25.3 Å². The van der Waals surface area contributed by atoms with Gasteiger partial charge in [-0.1, -0.05) is 6.42 Å². The lowest BCUT2D eigenvalue weighted by molar-refractivity contribution is -0.146. The smallest absolute Gasteiger partial charge is 0.320 e. The van der Waals surface area contributed by atoms with Crippen molar-refractivity contribution in [3.05, 3.63) is 0 Å². The molecule has 0 bridgehead atoms. The molecule has 86 valence electrons. The maximum Gasteiger partial charge on any atom is 0.320 e. The van der Waals surface area contributed by atoms with Crippen molar-refractivity contribution in [2.24, 2.45) is 0 Å². The van der Waals surface area contributed by atoms with E-state index in [0.717, 1.165) is 12.8 Å². The number of aliphatic carboxylic acids is 1. The van der Waals surface area contributed by atoms with Crippen LogP contribution in [0.15, 0.2) is 0 Å². The monoisotopic (exact) mass is 214 g/mol. The van der Waals surface area contributed by atoms with Crippen molar-refractivity contribution in [2.75, 3.05) is 27.2 Å². The quantitative estimate of drug-likeness (QED) is 0.719. The minimum Gasteiger partial charge on any atom is -0.480 e. The van der Waals surface area contributed by atoms with E-state index in [1.165, 1.54) is 4.90 Å². The van der Waals surface area contributed by atoms with E-state index >= 15 is 0 Å². The Morgan fingerprint density at radius 1 is 1.40 bits per heavy atom. The summed E-state index contributed by atoms with van der Waals surface area (Å²) in [5, 5.41) is 8.99. The molecule has 1 atom stereocenters. The second-order valence-electron chi connectivity index (χ2n) is 4.11. The van der Waals surface area contributed by atoms with Gasteiger partial charge in [-0.2, -0.15) is 0 Å². The van der Waals surface area contributed by atoms with E-state index < -0.39 is 12.0 Å². The summed E-state index contributed by atoms with van der Waals surface area (Å²) in [4.78, 5) is 25.7. The number of carbonyl (C=O) groups is 2. The highest BCUT2D eigenvalue weighted by atomic mass is 16.4. The Balaban J connectivity index is 2.57. The summed E-state index contributed by atoms with van der Waals surface area (Å²) in [7, 11) is 3.37. The summed E-state index contributed by atoms with van der Waals surface area (Å²) < 4.78 is 0. The normalized spacial score (nSPS) is 22.4. The van der Waals surface area contributed by atoms with Crippen molar-refractivity contribution in [3.63, 3.8) is 0 Å². The number of hydrogen-bond acceptors (Lipinski definition) is 3. The van der Waals surface area contributed by atoms with Crippen molar-refractivity contribution < 1.29 is 14.7 Å². The fraction of sp³-hybridized carbons (Fsp3) is 0.800. The van der Waals surface area contributed by atoms with Crippen molar-refractivity contribution >= 4 is 11.9 Å². The number of rotatable bonds is 3. The number of amides is 1. The van der Waals surface area contributed by atoms with E-state index in [-0.39, 0.29) is 12.5 Å². The Hall–Kier alpha value is -1.10. The number of carboxylic acids is 1. The molecule has 15 heavy (non-hydrogen) atoms. The van der Waals surface area contributed by atoms with Gasteiger partial charge in [0.05, 0.1) is 6.54 Å². The topological polar surface area (TPSA) is 60.9 Å². The Morgan fingerprint density at radius 2 is 2.07 bits per heavy atom. The lowest BCUT2D eigenvalue weighted by atomic mass is 10.0. The van der Waals surface area contributed by atoms with Crippen molar-refractivity contribution in [1.82, 2.24) is 9.80 Å². The molecule has 0 spiro atoms. The minimum atomic E-state index is -0.818. The molecule has 5 nitrogen and oxygen atoms in total.